The van der Waals surface area contributed by atoms with Gasteiger partial charge in [0, 0.05) is 32.0 Å². The van der Waals surface area contributed by atoms with E-state index in [1.807, 2.05) is 0 Å². The van der Waals surface area contributed by atoms with E-state index in [9.17, 15) is 22.8 Å². The lowest BCUT2D eigenvalue weighted by atomic mass is 9.94. The third-order valence-corrected chi connectivity index (χ3v) is 4.46. The number of hydrogen-bond donors (Lipinski definition) is 1. The van der Waals surface area contributed by atoms with Crippen molar-refractivity contribution >= 4 is 11.8 Å². The summed E-state index contributed by atoms with van der Waals surface area (Å²) < 4.78 is 37.2. The predicted octanol–water partition coefficient (Wildman–Crippen LogP) is 1.10. The molecule has 3 heterocycles. The largest absolute Gasteiger partial charge is 0.471 e. The molecule has 9 heteroatoms. The summed E-state index contributed by atoms with van der Waals surface area (Å²) >= 11 is 0. The van der Waals surface area contributed by atoms with Gasteiger partial charge in [0.15, 0.2) is 0 Å². The highest BCUT2D eigenvalue weighted by atomic mass is 19.4. The lowest BCUT2D eigenvalue weighted by Gasteiger charge is -2.35. The zero-order valence-corrected chi connectivity index (χ0v) is 12.4. The van der Waals surface area contributed by atoms with Crippen molar-refractivity contribution in [3.05, 3.63) is 17.7 Å². The molecule has 126 valence electrons. The maximum atomic E-state index is 12.5. The number of imidazole rings is 1. The molecule has 23 heavy (non-hydrogen) atoms. The van der Waals surface area contributed by atoms with Gasteiger partial charge in [-0.3, -0.25) is 9.59 Å². The first kappa shape index (κ1) is 15.8. The number of nitrogens with zero attached hydrogens (tertiary/aromatic N) is 3. The van der Waals surface area contributed by atoms with Crippen LogP contribution < -0.4 is 0 Å². The lowest BCUT2D eigenvalue weighted by Crippen LogP contribution is -2.48. The maximum Gasteiger partial charge on any atom is 0.471 e. The number of piperidine rings is 1. The fourth-order valence-corrected chi connectivity index (χ4v) is 3.17. The Labute approximate surface area is 130 Å². The third-order valence-electron chi connectivity index (χ3n) is 4.46. The van der Waals surface area contributed by atoms with Crippen LogP contribution in [-0.2, 0) is 22.6 Å². The Morgan fingerprint density at radius 2 is 1.87 bits per heavy atom. The normalized spacial score (nSPS) is 19.6. The molecule has 6 nitrogen and oxygen atoms in total. The van der Waals surface area contributed by atoms with Gasteiger partial charge in [-0.25, -0.2) is 4.98 Å². The molecule has 0 bridgehead atoms. The first-order valence-corrected chi connectivity index (χ1v) is 7.52. The molecular weight excluding hydrogens is 313 g/mol. The fourth-order valence-electron chi connectivity index (χ4n) is 3.17. The van der Waals surface area contributed by atoms with E-state index in [4.69, 9.17) is 0 Å². The monoisotopic (exact) mass is 330 g/mol. The smallest absolute Gasteiger partial charge is 0.347 e. The van der Waals surface area contributed by atoms with E-state index in [2.05, 4.69) is 9.97 Å². The Bertz CT molecular complexity index is 605. The van der Waals surface area contributed by atoms with Crippen LogP contribution in [0.1, 0.15) is 24.2 Å². The van der Waals surface area contributed by atoms with Crippen molar-refractivity contribution in [2.75, 3.05) is 19.6 Å². The first-order valence-electron chi connectivity index (χ1n) is 7.52. The minimum absolute atomic E-state index is 0.0299. The summed E-state index contributed by atoms with van der Waals surface area (Å²) in [6.45, 7) is 0.962. The number of carbonyl (C=O) groups is 2. The minimum Gasteiger partial charge on any atom is -0.347 e. The third kappa shape index (κ3) is 3.18. The van der Waals surface area contributed by atoms with Crippen LogP contribution in [0.15, 0.2) is 6.33 Å². The van der Waals surface area contributed by atoms with Crippen LogP contribution in [0.3, 0.4) is 0 Å². The van der Waals surface area contributed by atoms with Crippen LogP contribution in [0.25, 0.3) is 0 Å². The van der Waals surface area contributed by atoms with Crippen LogP contribution in [0, 0.1) is 5.92 Å². The number of aromatic nitrogens is 2. The molecule has 3 rings (SSSR count). The molecule has 0 atom stereocenters. The van der Waals surface area contributed by atoms with E-state index in [0.29, 0.717) is 19.5 Å². The van der Waals surface area contributed by atoms with E-state index in [1.165, 1.54) is 0 Å². The Morgan fingerprint density at radius 3 is 2.52 bits per heavy atom. The van der Waals surface area contributed by atoms with Crippen molar-refractivity contribution in [2.45, 2.75) is 32.0 Å². The van der Waals surface area contributed by atoms with Gasteiger partial charge in [-0.05, 0) is 12.8 Å². The SMILES string of the molecule is O=C(C1CCN(C(=O)C(F)(F)F)CC1)N1CCc2nc[nH]c2C1. The van der Waals surface area contributed by atoms with Gasteiger partial charge in [0.25, 0.3) is 0 Å². The molecule has 2 aliphatic rings. The molecule has 0 radical (unpaired) electrons. The molecule has 0 aliphatic carbocycles. The van der Waals surface area contributed by atoms with Gasteiger partial charge < -0.3 is 14.8 Å². The molecular formula is C14H17F3N4O2. The number of carbonyl (C=O) groups excluding carboxylic acids is 2. The van der Waals surface area contributed by atoms with Crippen molar-refractivity contribution in [3.63, 3.8) is 0 Å². The van der Waals surface area contributed by atoms with Crippen molar-refractivity contribution in [1.82, 2.24) is 19.8 Å². The molecule has 1 aromatic heterocycles. The van der Waals surface area contributed by atoms with E-state index >= 15 is 0 Å². The van der Waals surface area contributed by atoms with Crippen LogP contribution in [0.2, 0.25) is 0 Å². The Kier molecular flexibility index (Phi) is 4.03. The fraction of sp³-hybridized carbons (Fsp3) is 0.643. The van der Waals surface area contributed by atoms with E-state index in [-0.39, 0.29) is 37.8 Å². The maximum absolute atomic E-state index is 12.5. The van der Waals surface area contributed by atoms with Gasteiger partial charge in [-0.15, -0.1) is 0 Å². The number of rotatable bonds is 1. The van der Waals surface area contributed by atoms with Crippen LogP contribution >= 0.6 is 0 Å². The number of nitrogens with one attached hydrogen (secondary N) is 1. The molecule has 1 saturated heterocycles. The average molecular weight is 330 g/mol. The summed E-state index contributed by atoms with van der Waals surface area (Å²) in [5.74, 6) is -2.19. The van der Waals surface area contributed by atoms with Crippen LogP contribution in [0.5, 0.6) is 0 Å². The summed E-state index contributed by atoms with van der Waals surface area (Å²) in [5.41, 5.74) is 1.87. The molecule has 0 unspecified atom stereocenters. The summed E-state index contributed by atoms with van der Waals surface area (Å²) in [7, 11) is 0. The zero-order chi connectivity index (χ0) is 16.6. The van der Waals surface area contributed by atoms with Crippen molar-refractivity contribution < 1.29 is 22.8 Å². The van der Waals surface area contributed by atoms with Gasteiger partial charge in [0.1, 0.15) is 0 Å². The highest BCUT2D eigenvalue weighted by Gasteiger charge is 2.44. The number of fused-ring (bicyclic) bond motifs is 1. The molecule has 1 N–H and O–H groups in total. The molecule has 1 aromatic rings. The summed E-state index contributed by atoms with van der Waals surface area (Å²) in [5, 5.41) is 0. The van der Waals surface area contributed by atoms with Crippen molar-refractivity contribution in [2.24, 2.45) is 5.92 Å². The van der Waals surface area contributed by atoms with Gasteiger partial charge in [0.05, 0.1) is 24.3 Å². The minimum atomic E-state index is -4.85. The molecule has 0 spiro atoms. The Balaban J connectivity index is 1.56. The van der Waals surface area contributed by atoms with Crippen molar-refractivity contribution in [3.8, 4) is 0 Å². The topological polar surface area (TPSA) is 69.3 Å². The lowest BCUT2D eigenvalue weighted by molar-refractivity contribution is -0.187. The number of hydrogen-bond acceptors (Lipinski definition) is 3. The molecule has 2 amide bonds. The summed E-state index contributed by atoms with van der Waals surface area (Å²) in [4.78, 5) is 33.4. The molecule has 0 saturated carbocycles. The van der Waals surface area contributed by atoms with Gasteiger partial charge in [-0.1, -0.05) is 0 Å². The molecule has 1 fully saturated rings. The Hall–Kier alpha value is -2.06. The first-order chi connectivity index (χ1) is 10.9. The van der Waals surface area contributed by atoms with Gasteiger partial charge >= 0.3 is 12.1 Å². The second-order valence-corrected chi connectivity index (χ2v) is 5.90. The quantitative estimate of drug-likeness (QED) is 0.838. The van der Waals surface area contributed by atoms with Crippen LogP contribution in [0.4, 0.5) is 13.2 Å². The summed E-state index contributed by atoms with van der Waals surface area (Å²) in [6.07, 6.45) is -2.03. The highest BCUT2D eigenvalue weighted by molar-refractivity contribution is 5.83. The van der Waals surface area contributed by atoms with Crippen LogP contribution in [-0.4, -0.2) is 57.4 Å². The number of aromatic amines is 1. The van der Waals surface area contributed by atoms with Gasteiger partial charge in [0.2, 0.25) is 5.91 Å². The number of alkyl halides is 3. The Morgan fingerprint density at radius 1 is 1.17 bits per heavy atom. The van der Waals surface area contributed by atoms with E-state index in [0.717, 1.165) is 16.3 Å². The average Bonchev–Trinajstić information content (AvgIpc) is 3.00. The standard InChI is InChI=1S/C14H17F3N4O2/c15-14(16,17)13(23)20-4-1-9(2-5-20)12(22)21-6-3-10-11(7-21)19-8-18-10/h8-9H,1-7H2,(H,18,19). The number of amides is 2. The highest BCUT2D eigenvalue weighted by Crippen LogP contribution is 2.26. The van der Waals surface area contributed by atoms with E-state index < -0.39 is 12.1 Å². The van der Waals surface area contributed by atoms with E-state index in [1.54, 1.807) is 11.2 Å². The second-order valence-electron chi connectivity index (χ2n) is 5.90. The predicted molar refractivity (Wildman–Crippen MR) is 73.1 cm³/mol. The number of halogens is 3. The van der Waals surface area contributed by atoms with Gasteiger partial charge in [-0.2, -0.15) is 13.2 Å². The second kappa shape index (κ2) is 5.86. The molecule has 0 aromatic carbocycles. The van der Waals surface area contributed by atoms with Crippen molar-refractivity contribution in [1.29, 1.82) is 0 Å². The molecule has 2 aliphatic heterocycles. The number of likely N-dealkylation sites (tertiary alicyclic amines) is 1. The zero-order valence-electron chi connectivity index (χ0n) is 12.4. The summed E-state index contributed by atoms with van der Waals surface area (Å²) in [6, 6.07) is 0. The number of H-pyrrole nitrogens is 1.